The van der Waals surface area contributed by atoms with Gasteiger partial charge in [0.05, 0.1) is 5.69 Å². The molecule has 2 heterocycles. The zero-order chi connectivity index (χ0) is 13.8. The van der Waals surface area contributed by atoms with Crippen molar-refractivity contribution in [3.8, 4) is 11.5 Å². The van der Waals surface area contributed by atoms with E-state index in [1.54, 1.807) is 6.26 Å². The maximum atomic E-state index is 5.63. The molecule has 1 N–H and O–H groups in total. The van der Waals surface area contributed by atoms with Crippen LogP contribution in [0.4, 0.5) is 0 Å². The molecule has 1 atom stereocenters. The molecule has 1 aromatic carbocycles. The third-order valence-electron chi connectivity index (χ3n) is 3.40. The minimum atomic E-state index is 0.252. The Labute approximate surface area is 117 Å². The summed E-state index contributed by atoms with van der Waals surface area (Å²) in [5, 5.41) is 7.38. The SMILES string of the molecule is CCC(NCc1ccon1)c1ccc2c(c1)OCCO2. The first-order chi connectivity index (χ1) is 9.86. The van der Waals surface area contributed by atoms with Crippen LogP contribution in [0, 0.1) is 0 Å². The van der Waals surface area contributed by atoms with Crippen molar-refractivity contribution in [1.29, 1.82) is 0 Å². The first-order valence-electron chi connectivity index (χ1n) is 6.89. The lowest BCUT2D eigenvalue weighted by atomic mass is 10.0. The van der Waals surface area contributed by atoms with Crippen LogP contribution in [0.15, 0.2) is 35.1 Å². The fourth-order valence-electron chi connectivity index (χ4n) is 2.33. The van der Waals surface area contributed by atoms with E-state index in [0.29, 0.717) is 19.8 Å². The fraction of sp³-hybridized carbons (Fsp3) is 0.400. The number of aromatic nitrogens is 1. The molecule has 0 bridgehead atoms. The molecule has 1 aliphatic heterocycles. The van der Waals surface area contributed by atoms with E-state index in [-0.39, 0.29) is 6.04 Å². The van der Waals surface area contributed by atoms with Crippen LogP contribution in [-0.4, -0.2) is 18.4 Å². The molecule has 0 spiro atoms. The smallest absolute Gasteiger partial charge is 0.161 e. The highest BCUT2D eigenvalue weighted by molar-refractivity contribution is 5.44. The van der Waals surface area contributed by atoms with Gasteiger partial charge in [0.15, 0.2) is 11.5 Å². The van der Waals surface area contributed by atoms with E-state index in [1.165, 1.54) is 5.56 Å². The number of nitrogens with zero attached hydrogens (tertiary/aromatic N) is 1. The Morgan fingerprint density at radius 2 is 2.05 bits per heavy atom. The molecule has 0 fully saturated rings. The largest absolute Gasteiger partial charge is 0.486 e. The molecule has 106 valence electrons. The van der Waals surface area contributed by atoms with Crippen LogP contribution in [-0.2, 0) is 6.54 Å². The van der Waals surface area contributed by atoms with Gasteiger partial charge in [0.1, 0.15) is 19.5 Å². The molecule has 1 aliphatic rings. The molecule has 0 saturated heterocycles. The quantitative estimate of drug-likeness (QED) is 0.908. The van der Waals surface area contributed by atoms with Gasteiger partial charge in [-0.1, -0.05) is 18.1 Å². The van der Waals surface area contributed by atoms with Crippen molar-refractivity contribution in [1.82, 2.24) is 10.5 Å². The Morgan fingerprint density at radius 1 is 1.20 bits per heavy atom. The predicted octanol–water partition coefficient (Wildman–Crippen LogP) is 2.69. The number of nitrogens with one attached hydrogen (secondary N) is 1. The standard InChI is InChI=1S/C15H18N2O3/c1-2-13(16-10-12-5-6-20-17-12)11-3-4-14-15(9-11)19-8-7-18-14/h3-6,9,13,16H,2,7-8,10H2,1H3. The average Bonchev–Trinajstić information content (AvgIpc) is 3.01. The van der Waals surface area contributed by atoms with Gasteiger partial charge in [-0.3, -0.25) is 0 Å². The average molecular weight is 274 g/mol. The Bertz CT molecular complexity index is 554. The lowest BCUT2D eigenvalue weighted by Gasteiger charge is -2.22. The van der Waals surface area contributed by atoms with Gasteiger partial charge in [0.25, 0.3) is 0 Å². The normalized spacial score (nSPS) is 15.1. The van der Waals surface area contributed by atoms with Gasteiger partial charge in [0, 0.05) is 18.7 Å². The molecule has 2 aromatic rings. The Balaban J connectivity index is 1.71. The highest BCUT2D eigenvalue weighted by Crippen LogP contribution is 2.33. The van der Waals surface area contributed by atoms with Gasteiger partial charge < -0.3 is 19.3 Å². The van der Waals surface area contributed by atoms with E-state index in [4.69, 9.17) is 14.0 Å². The molecule has 1 unspecified atom stereocenters. The van der Waals surface area contributed by atoms with Crippen LogP contribution in [0.3, 0.4) is 0 Å². The van der Waals surface area contributed by atoms with Crippen molar-refractivity contribution < 1.29 is 14.0 Å². The van der Waals surface area contributed by atoms with Gasteiger partial charge >= 0.3 is 0 Å². The second kappa shape index (κ2) is 5.96. The van der Waals surface area contributed by atoms with E-state index in [1.807, 2.05) is 12.1 Å². The van der Waals surface area contributed by atoms with Crippen LogP contribution in [0.2, 0.25) is 0 Å². The van der Waals surface area contributed by atoms with Gasteiger partial charge in [-0.15, -0.1) is 0 Å². The molecular formula is C15H18N2O3. The maximum absolute atomic E-state index is 5.63. The third-order valence-corrected chi connectivity index (χ3v) is 3.40. The van der Waals surface area contributed by atoms with E-state index in [2.05, 4.69) is 29.5 Å². The van der Waals surface area contributed by atoms with Gasteiger partial charge in [-0.25, -0.2) is 0 Å². The van der Waals surface area contributed by atoms with E-state index >= 15 is 0 Å². The number of hydrogen-bond donors (Lipinski definition) is 1. The Morgan fingerprint density at radius 3 is 2.80 bits per heavy atom. The first kappa shape index (κ1) is 13.0. The van der Waals surface area contributed by atoms with Crippen molar-refractivity contribution in [2.24, 2.45) is 0 Å². The van der Waals surface area contributed by atoms with E-state index in [0.717, 1.165) is 23.6 Å². The second-order valence-corrected chi connectivity index (χ2v) is 4.74. The highest BCUT2D eigenvalue weighted by atomic mass is 16.6. The lowest BCUT2D eigenvalue weighted by Crippen LogP contribution is -2.21. The van der Waals surface area contributed by atoms with Crippen molar-refractivity contribution in [3.63, 3.8) is 0 Å². The van der Waals surface area contributed by atoms with E-state index < -0.39 is 0 Å². The number of rotatable bonds is 5. The van der Waals surface area contributed by atoms with Crippen LogP contribution in [0.1, 0.15) is 30.6 Å². The highest BCUT2D eigenvalue weighted by Gasteiger charge is 2.16. The number of fused-ring (bicyclic) bond motifs is 1. The maximum Gasteiger partial charge on any atom is 0.161 e. The third kappa shape index (κ3) is 2.77. The zero-order valence-electron chi connectivity index (χ0n) is 11.5. The van der Waals surface area contributed by atoms with Crippen LogP contribution in [0.5, 0.6) is 11.5 Å². The molecule has 0 saturated carbocycles. The Kier molecular flexibility index (Phi) is 3.87. The summed E-state index contributed by atoms with van der Waals surface area (Å²) in [6.45, 7) is 4.06. The minimum Gasteiger partial charge on any atom is -0.486 e. The molecule has 1 aromatic heterocycles. The summed E-state index contributed by atoms with van der Waals surface area (Å²) in [7, 11) is 0. The minimum absolute atomic E-state index is 0.252. The summed E-state index contributed by atoms with van der Waals surface area (Å²) >= 11 is 0. The predicted molar refractivity (Wildman–Crippen MR) is 73.8 cm³/mol. The second-order valence-electron chi connectivity index (χ2n) is 4.74. The summed E-state index contributed by atoms with van der Waals surface area (Å²) in [6, 6.07) is 8.23. The monoisotopic (exact) mass is 274 g/mol. The van der Waals surface area contributed by atoms with Crippen molar-refractivity contribution in [2.45, 2.75) is 25.9 Å². The molecule has 3 rings (SSSR count). The summed E-state index contributed by atoms with van der Waals surface area (Å²) in [5.74, 6) is 1.65. The molecule has 0 amide bonds. The molecular weight excluding hydrogens is 256 g/mol. The van der Waals surface area contributed by atoms with Gasteiger partial charge in [-0.05, 0) is 24.1 Å². The summed E-state index contributed by atoms with van der Waals surface area (Å²) in [4.78, 5) is 0. The molecule has 0 radical (unpaired) electrons. The molecule has 5 heteroatoms. The molecule has 0 aliphatic carbocycles. The van der Waals surface area contributed by atoms with Crippen LogP contribution in [0.25, 0.3) is 0 Å². The summed E-state index contributed by atoms with van der Waals surface area (Å²) < 4.78 is 16.0. The van der Waals surface area contributed by atoms with E-state index in [9.17, 15) is 0 Å². The molecule has 5 nitrogen and oxygen atoms in total. The topological polar surface area (TPSA) is 56.5 Å². The number of ether oxygens (including phenoxy) is 2. The fourth-order valence-corrected chi connectivity index (χ4v) is 2.33. The van der Waals surface area contributed by atoms with Crippen LogP contribution < -0.4 is 14.8 Å². The first-order valence-corrected chi connectivity index (χ1v) is 6.89. The van der Waals surface area contributed by atoms with Gasteiger partial charge in [-0.2, -0.15) is 0 Å². The lowest BCUT2D eigenvalue weighted by molar-refractivity contribution is 0.171. The Hall–Kier alpha value is -2.01. The van der Waals surface area contributed by atoms with Crippen molar-refractivity contribution in [2.75, 3.05) is 13.2 Å². The van der Waals surface area contributed by atoms with Gasteiger partial charge in [0.2, 0.25) is 0 Å². The summed E-state index contributed by atoms with van der Waals surface area (Å²) in [5.41, 5.74) is 2.10. The number of benzene rings is 1. The zero-order valence-corrected chi connectivity index (χ0v) is 11.5. The molecule has 20 heavy (non-hydrogen) atoms. The van der Waals surface area contributed by atoms with Crippen molar-refractivity contribution >= 4 is 0 Å². The van der Waals surface area contributed by atoms with Crippen molar-refractivity contribution in [3.05, 3.63) is 41.8 Å². The number of hydrogen-bond acceptors (Lipinski definition) is 5. The summed E-state index contributed by atoms with van der Waals surface area (Å²) in [6.07, 6.45) is 2.57. The van der Waals surface area contributed by atoms with Crippen LogP contribution >= 0.6 is 0 Å².